The van der Waals surface area contributed by atoms with Gasteiger partial charge >= 0.3 is 24.4 Å². The number of alkyl carbamates (subject to hydrolysis) is 4. The fraction of sp³-hybridized carbons (Fsp3) is 0.917. The summed E-state index contributed by atoms with van der Waals surface area (Å²) in [5.74, 6) is 5.93. The first-order valence-corrected chi connectivity index (χ1v) is 29.9. The summed E-state index contributed by atoms with van der Waals surface area (Å²) >= 11 is 6.76. The molecule has 0 aromatic heterocycles. The minimum Gasteiger partial charge on any atom is -0.444 e. The van der Waals surface area contributed by atoms with Crippen molar-refractivity contribution in [1.29, 1.82) is 0 Å². The molecule has 0 spiro atoms. The third-order valence-corrected chi connectivity index (χ3v) is 13.2. The van der Waals surface area contributed by atoms with Crippen molar-refractivity contribution in [1.82, 2.24) is 21.3 Å². The van der Waals surface area contributed by atoms with E-state index in [-0.39, 0.29) is 19.8 Å². The molecule has 1 rings (SSSR count). The third kappa shape index (κ3) is 40.5. The highest BCUT2D eigenvalue weighted by Gasteiger charge is 2.49. The van der Waals surface area contributed by atoms with E-state index in [0.29, 0.717) is 89.1 Å². The number of thioether (sulfide) groups is 4. The molecule has 1 aliphatic heterocycles. The molecule has 0 bridgehead atoms. The molecule has 0 aliphatic carbocycles. The zero-order chi connectivity index (χ0) is 54.6. The van der Waals surface area contributed by atoms with Crippen LogP contribution in [-0.2, 0) is 47.4 Å². The molecule has 5 atom stereocenters. The predicted octanol–water partition coefficient (Wildman–Crippen LogP) is 8.80. The van der Waals surface area contributed by atoms with Gasteiger partial charge in [0, 0.05) is 87.1 Å². The Labute approximate surface area is 452 Å². The van der Waals surface area contributed by atoms with E-state index in [1.807, 2.05) is 83.1 Å². The molecule has 4 amide bonds. The Morgan fingerprint density at radius 2 is 0.822 bits per heavy atom. The van der Waals surface area contributed by atoms with Crippen LogP contribution in [0.1, 0.15) is 109 Å². The standard InChI is InChI=1S/C48H91N7O14S4/c1-45(2,3)66-41(56)50-18-31-70-27-13-22-60-35-36-37(61-23-14-28-71-32-19-51-42(57)67-46(4,5)6)38(62-24-15-29-72-33-20-52-43(58)68-47(7,8)9)39(40(65-36)64-26-17-54-55-49)63-25-16-30-73-34-21-53-44(59)69-48(10,11)12/h36-40H,13-35H2,1-12H3,(H,50,56)(H,51,57)(H,52,58)(H,53,59)/t36-,37-,38+,39+,40+/m1/s1. The lowest BCUT2D eigenvalue weighted by Gasteiger charge is -2.46. The van der Waals surface area contributed by atoms with Gasteiger partial charge in [-0.25, -0.2) is 19.2 Å². The maximum atomic E-state index is 12.1. The monoisotopic (exact) mass is 1120 g/mol. The molecule has 73 heavy (non-hydrogen) atoms. The van der Waals surface area contributed by atoms with Gasteiger partial charge in [-0.1, -0.05) is 5.11 Å². The Kier molecular flexibility index (Phi) is 36.6. The van der Waals surface area contributed by atoms with Gasteiger partial charge in [-0.2, -0.15) is 47.0 Å². The lowest BCUT2D eigenvalue weighted by atomic mass is 9.98. The Morgan fingerprint density at radius 1 is 0.479 bits per heavy atom. The number of hydrogen-bond donors (Lipinski definition) is 4. The van der Waals surface area contributed by atoms with Crippen LogP contribution in [0.3, 0.4) is 0 Å². The molecule has 426 valence electrons. The van der Waals surface area contributed by atoms with Crippen LogP contribution in [0.15, 0.2) is 5.11 Å². The molecule has 0 unspecified atom stereocenters. The first-order chi connectivity index (χ1) is 34.4. The highest BCUT2D eigenvalue weighted by molar-refractivity contribution is 7.99. The molecule has 0 saturated carbocycles. The normalized spacial score (nSPS) is 18.3. The largest absolute Gasteiger partial charge is 0.444 e. The minimum atomic E-state index is -0.910. The number of nitrogens with one attached hydrogen (secondary N) is 4. The number of azide groups is 1. The second-order valence-corrected chi connectivity index (χ2v) is 25.4. The first kappa shape index (κ1) is 68.6. The summed E-state index contributed by atoms with van der Waals surface area (Å²) in [6.07, 6.45) is -2.45. The highest BCUT2D eigenvalue weighted by atomic mass is 32.2. The van der Waals surface area contributed by atoms with Crippen molar-refractivity contribution in [2.45, 2.75) is 162 Å². The van der Waals surface area contributed by atoms with Gasteiger partial charge in [0.2, 0.25) is 0 Å². The number of carbonyl (C=O) groups is 4. The van der Waals surface area contributed by atoms with Crippen LogP contribution in [0.25, 0.3) is 10.4 Å². The van der Waals surface area contributed by atoms with Crippen LogP contribution in [0.4, 0.5) is 19.2 Å². The van der Waals surface area contributed by atoms with Crippen molar-refractivity contribution >= 4 is 71.4 Å². The molecular weight excluding hydrogens is 1030 g/mol. The van der Waals surface area contributed by atoms with Gasteiger partial charge in [0.25, 0.3) is 0 Å². The van der Waals surface area contributed by atoms with E-state index in [9.17, 15) is 19.2 Å². The van der Waals surface area contributed by atoms with E-state index in [2.05, 4.69) is 31.3 Å². The van der Waals surface area contributed by atoms with Gasteiger partial charge < -0.3 is 68.6 Å². The zero-order valence-electron chi connectivity index (χ0n) is 45.8. The summed E-state index contributed by atoms with van der Waals surface area (Å²) in [4.78, 5) is 51.2. The quantitative estimate of drug-likeness (QED) is 0.0149. The van der Waals surface area contributed by atoms with E-state index < -0.39 is 77.5 Å². The second-order valence-electron chi connectivity index (χ2n) is 20.5. The van der Waals surface area contributed by atoms with Crippen LogP contribution in [0, 0.1) is 0 Å². The number of amides is 4. The van der Waals surface area contributed by atoms with Gasteiger partial charge in [-0.3, -0.25) is 0 Å². The number of nitrogens with zero attached hydrogens (tertiary/aromatic N) is 3. The van der Waals surface area contributed by atoms with E-state index in [0.717, 1.165) is 35.2 Å². The summed E-state index contributed by atoms with van der Waals surface area (Å²) in [5.41, 5.74) is 6.71. The summed E-state index contributed by atoms with van der Waals surface area (Å²) < 4.78 is 60.6. The summed E-state index contributed by atoms with van der Waals surface area (Å²) in [7, 11) is 0. The van der Waals surface area contributed by atoms with Crippen molar-refractivity contribution in [2.75, 3.05) is 118 Å². The Hall–Kier alpha value is -2.45. The molecule has 0 radical (unpaired) electrons. The van der Waals surface area contributed by atoms with Crippen molar-refractivity contribution < 1.29 is 66.5 Å². The Morgan fingerprint density at radius 3 is 1.18 bits per heavy atom. The van der Waals surface area contributed by atoms with E-state index >= 15 is 0 Å². The van der Waals surface area contributed by atoms with Crippen LogP contribution in [0.5, 0.6) is 0 Å². The summed E-state index contributed by atoms with van der Waals surface area (Å²) in [6.45, 7) is 25.7. The molecular formula is C48H91N7O14S4. The summed E-state index contributed by atoms with van der Waals surface area (Å²) in [5, 5.41) is 14.8. The van der Waals surface area contributed by atoms with Crippen molar-refractivity contribution in [3.8, 4) is 0 Å². The van der Waals surface area contributed by atoms with Gasteiger partial charge in [0.05, 0.1) is 13.2 Å². The maximum Gasteiger partial charge on any atom is 0.407 e. The van der Waals surface area contributed by atoms with Crippen LogP contribution >= 0.6 is 47.0 Å². The van der Waals surface area contributed by atoms with Gasteiger partial charge in [-0.15, -0.1) is 0 Å². The predicted molar refractivity (Wildman–Crippen MR) is 293 cm³/mol. The van der Waals surface area contributed by atoms with Crippen molar-refractivity contribution in [3.63, 3.8) is 0 Å². The zero-order valence-corrected chi connectivity index (χ0v) is 49.1. The fourth-order valence-corrected chi connectivity index (χ4v) is 9.23. The lowest BCUT2D eigenvalue weighted by Crippen LogP contribution is -2.62. The smallest absolute Gasteiger partial charge is 0.407 e. The molecule has 0 aromatic rings. The number of ether oxygens (including phenoxy) is 10. The molecule has 25 heteroatoms. The molecule has 1 heterocycles. The van der Waals surface area contributed by atoms with Crippen molar-refractivity contribution in [2.24, 2.45) is 5.11 Å². The van der Waals surface area contributed by atoms with Gasteiger partial charge in [0.15, 0.2) is 6.29 Å². The second kappa shape index (κ2) is 39.0. The summed E-state index contributed by atoms with van der Waals surface area (Å²) in [6, 6.07) is 0. The molecule has 0 aromatic carbocycles. The molecule has 1 fully saturated rings. The maximum absolute atomic E-state index is 12.1. The van der Waals surface area contributed by atoms with Gasteiger partial charge in [0.1, 0.15) is 46.8 Å². The average Bonchev–Trinajstić information content (AvgIpc) is 3.25. The van der Waals surface area contributed by atoms with E-state index in [1.165, 1.54) is 0 Å². The Bertz CT molecular complexity index is 1560. The SMILES string of the molecule is CC(C)(C)OC(=O)NCCSCCCOC[C@H]1O[C@H](OCCN=[N+]=[N-])[C@@H](OCCCSCCNC(=O)OC(C)(C)C)[C@@H](OCCCSCCNC(=O)OC(C)(C)C)[C@@H]1OCCCSCCNC(=O)OC(C)(C)C. The van der Waals surface area contributed by atoms with Crippen LogP contribution in [-0.4, -0.2) is 196 Å². The van der Waals surface area contributed by atoms with Crippen LogP contribution < -0.4 is 21.3 Å². The lowest BCUT2D eigenvalue weighted by molar-refractivity contribution is -0.322. The fourth-order valence-electron chi connectivity index (χ4n) is 6.14. The number of hydrogen-bond acceptors (Lipinski definition) is 19. The number of carbonyl (C=O) groups excluding carboxylic acids is 4. The highest BCUT2D eigenvalue weighted by Crippen LogP contribution is 2.30. The van der Waals surface area contributed by atoms with Crippen LogP contribution in [0.2, 0.25) is 0 Å². The van der Waals surface area contributed by atoms with Gasteiger partial charge in [-0.05, 0) is 137 Å². The average molecular weight is 1120 g/mol. The first-order valence-electron chi connectivity index (χ1n) is 25.3. The van der Waals surface area contributed by atoms with Crippen molar-refractivity contribution in [3.05, 3.63) is 10.4 Å². The minimum absolute atomic E-state index is 0.0783. The topological polar surface area (TPSA) is 257 Å². The molecule has 21 nitrogen and oxygen atoms in total. The van der Waals surface area contributed by atoms with E-state index in [1.54, 1.807) is 47.0 Å². The molecule has 1 aliphatic rings. The Balaban J connectivity index is 3.15. The molecule has 4 N–H and O–H groups in total. The third-order valence-electron chi connectivity index (χ3n) is 8.88. The number of rotatable bonds is 37. The molecule has 1 saturated heterocycles. The van der Waals surface area contributed by atoms with E-state index in [4.69, 9.17) is 52.9 Å².